The Morgan fingerprint density at radius 3 is 2.80 bits per heavy atom. The molecule has 0 aliphatic carbocycles. The van der Waals surface area contributed by atoms with E-state index in [1.165, 1.54) is 17.4 Å². The smallest absolute Gasteiger partial charge is 0.416 e. The summed E-state index contributed by atoms with van der Waals surface area (Å²) in [6, 6.07) is 5.10. The average Bonchev–Trinajstić information content (AvgIpc) is 3.04. The average molecular weight is 373 g/mol. The van der Waals surface area contributed by atoms with E-state index in [1.807, 2.05) is 0 Å². The topological polar surface area (TPSA) is 68.5 Å². The van der Waals surface area contributed by atoms with Crippen molar-refractivity contribution >= 4 is 22.4 Å². The molecule has 25 heavy (non-hydrogen) atoms. The Bertz CT molecular complexity index is 719. The number of rotatable bonds is 7. The number of nitrogens with two attached hydrogens (primary N) is 1. The number of anilines is 1. The standard InChI is InChI=1S/C16H18F3N3O2S/c1-2-24-14(23)13-10-25-15(21-13)22(7-6-20)9-11-4-3-5-12(8-11)16(17,18)19/h3-5,8,10H,2,6-7,9,20H2,1H3. The second-order valence-electron chi connectivity index (χ2n) is 5.14. The lowest BCUT2D eigenvalue weighted by Crippen LogP contribution is -2.29. The molecular weight excluding hydrogens is 355 g/mol. The molecule has 9 heteroatoms. The van der Waals surface area contributed by atoms with Gasteiger partial charge in [0.15, 0.2) is 10.8 Å². The third-order valence-electron chi connectivity index (χ3n) is 3.27. The van der Waals surface area contributed by atoms with Gasteiger partial charge in [-0.15, -0.1) is 11.3 Å². The van der Waals surface area contributed by atoms with Crippen LogP contribution < -0.4 is 10.6 Å². The number of aromatic nitrogens is 1. The van der Waals surface area contributed by atoms with Crippen LogP contribution in [0.5, 0.6) is 0 Å². The Hall–Kier alpha value is -2.13. The fraction of sp³-hybridized carbons (Fsp3) is 0.375. The van der Waals surface area contributed by atoms with E-state index in [1.54, 1.807) is 23.3 Å². The van der Waals surface area contributed by atoms with Gasteiger partial charge in [-0.05, 0) is 24.6 Å². The molecule has 0 radical (unpaired) electrons. The second-order valence-corrected chi connectivity index (χ2v) is 5.98. The number of carbonyl (C=O) groups excluding carboxylic acids is 1. The summed E-state index contributed by atoms with van der Waals surface area (Å²) in [5.74, 6) is -0.531. The molecule has 1 aromatic carbocycles. The number of hydrogen-bond donors (Lipinski definition) is 1. The van der Waals surface area contributed by atoms with Crippen molar-refractivity contribution in [2.75, 3.05) is 24.6 Å². The molecule has 5 nitrogen and oxygen atoms in total. The van der Waals surface area contributed by atoms with Gasteiger partial charge in [0.05, 0.1) is 12.2 Å². The van der Waals surface area contributed by atoms with Crippen LogP contribution in [0, 0.1) is 0 Å². The van der Waals surface area contributed by atoms with Crippen LogP contribution in [0.15, 0.2) is 29.6 Å². The molecule has 0 fully saturated rings. The monoisotopic (exact) mass is 373 g/mol. The Kier molecular flexibility index (Phi) is 6.38. The molecule has 0 saturated heterocycles. The second kappa shape index (κ2) is 8.30. The summed E-state index contributed by atoms with van der Waals surface area (Å²) in [6.07, 6.45) is -4.40. The van der Waals surface area contributed by atoms with Crippen LogP contribution in [-0.2, 0) is 17.5 Å². The lowest BCUT2D eigenvalue weighted by Gasteiger charge is -2.21. The summed E-state index contributed by atoms with van der Waals surface area (Å²) in [6.45, 7) is 2.83. The first-order valence-electron chi connectivity index (χ1n) is 7.59. The maximum Gasteiger partial charge on any atom is 0.416 e. The molecular formula is C16H18F3N3O2S. The van der Waals surface area contributed by atoms with Crippen molar-refractivity contribution in [2.45, 2.75) is 19.6 Å². The van der Waals surface area contributed by atoms with Crippen molar-refractivity contribution < 1.29 is 22.7 Å². The minimum Gasteiger partial charge on any atom is -0.461 e. The molecule has 0 saturated carbocycles. The molecule has 2 rings (SSSR count). The molecule has 0 bridgehead atoms. The molecule has 1 heterocycles. The van der Waals surface area contributed by atoms with E-state index >= 15 is 0 Å². The number of halogens is 3. The number of carbonyl (C=O) groups is 1. The third-order valence-corrected chi connectivity index (χ3v) is 4.18. The van der Waals surface area contributed by atoms with E-state index < -0.39 is 17.7 Å². The molecule has 0 unspecified atom stereocenters. The van der Waals surface area contributed by atoms with E-state index in [4.69, 9.17) is 10.5 Å². The van der Waals surface area contributed by atoms with Gasteiger partial charge in [-0.1, -0.05) is 12.1 Å². The molecule has 1 aromatic heterocycles. The molecule has 0 atom stereocenters. The Morgan fingerprint density at radius 2 is 2.16 bits per heavy atom. The van der Waals surface area contributed by atoms with E-state index in [0.717, 1.165) is 12.1 Å². The van der Waals surface area contributed by atoms with Crippen LogP contribution in [0.3, 0.4) is 0 Å². The van der Waals surface area contributed by atoms with Crippen molar-refractivity contribution in [1.82, 2.24) is 4.98 Å². The maximum atomic E-state index is 12.8. The van der Waals surface area contributed by atoms with E-state index in [2.05, 4.69) is 4.98 Å². The highest BCUT2D eigenvalue weighted by molar-refractivity contribution is 7.13. The minimum absolute atomic E-state index is 0.174. The first-order valence-corrected chi connectivity index (χ1v) is 8.47. The number of hydrogen-bond acceptors (Lipinski definition) is 6. The lowest BCUT2D eigenvalue weighted by molar-refractivity contribution is -0.137. The zero-order chi connectivity index (χ0) is 18.4. The van der Waals surface area contributed by atoms with Crippen molar-refractivity contribution in [3.63, 3.8) is 0 Å². The quantitative estimate of drug-likeness (QED) is 0.754. The fourth-order valence-corrected chi connectivity index (χ4v) is 2.99. The van der Waals surface area contributed by atoms with Gasteiger partial charge in [0.25, 0.3) is 0 Å². The summed E-state index contributed by atoms with van der Waals surface area (Å²) >= 11 is 1.22. The summed E-state index contributed by atoms with van der Waals surface area (Å²) in [4.78, 5) is 17.7. The first-order chi connectivity index (χ1) is 11.8. The summed E-state index contributed by atoms with van der Waals surface area (Å²) < 4.78 is 43.4. The molecule has 2 N–H and O–H groups in total. The van der Waals surface area contributed by atoms with E-state index in [-0.39, 0.29) is 18.8 Å². The highest BCUT2D eigenvalue weighted by Crippen LogP contribution is 2.30. The van der Waals surface area contributed by atoms with Crippen LogP contribution in [0.2, 0.25) is 0 Å². The zero-order valence-corrected chi connectivity index (χ0v) is 14.4. The number of thiazole rings is 1. The van der Waals surface area contributed by atoms with Gasteiger partial charge in [0.2, 0.25) is 0 Å². The number of esters is 1. The molecule has 0 amide bonds. The predicted molar refractivity (Wildman–Crippen MR) is 89.6 cm³/mol. The lowest BCUT2D eigenvalue weighted by atomic mass is 10.1. The van der Waals surface area contributed by atoms with Gasteiger partial charge < -0.3 is 15.4 Å². The number of alkyl halides is 3. The van der Waals surface area contributed by atoms with Crippen LogP contribution in [0.1, 0.15) is 28.5 Å². The number of nitrogens with zero attached hydrogens (tertiary/aromatic N) is 2. The van der Waals surface area contributed by atoms with Crippen LogP contribution in [0.25, 0.3) is 0 Å². The van der Waals surface area contributed by atoms with Crippen molar-refractivity contribution in [3.8, 4) is 0 Å². The van der Waals surface area contributed by atoms with Crippen molar-refractivity contribution in [2.24, 2.45) is 5.73 Å². The van der Waals surface area contributed by atoms with Crippen molar-refractivity contribution in [3.05, 3.63) is 46.5 Å². The fourth-order valence-electron chi connectivity index (χ4n) is 2.17. The third kappa shape index (κ3) is 5.17. The Labute approximate surface area is 147 Å². The van der Waals surface area contributed by atoms with Crippen LogP contribution in [-0.4, -0.2) is 30.6 Å². The predicted octanol–water partition coefficient (Wildman–Crippen LogP) is 3.30. The summed E-state index contributed by atoms with van der Waals surface area (Å²) in [7, 11) is 0. The van der Waals surface area contributed by atoms with Crippen LogP contribution >= 0.6 is 11.3 Å². The minimum atomic E-state index is -4.40. The number of ether oxygens (including phenoxy) is 1. The van der Waals surface area contributed by atoms with Gasteiger partial charge >= 0.3 is 12.1 Å². The Morgan fingerprint density at radius 1 is 1.40 bits per heavy atom. The van der Waals surface area contributed by atoms with Gasteiger partial charge in [0, 0.05) is 25.0 Å². The SMILES string of the molecule is CCOC(=O)c1csc(N(CCN)Cc2cccc(C(F)(F)F)c2)n1. The molecule has 0 spiro atoms. The highest BCUT2D eigenvalue weighted by Gasteiger charge is 2.30. The largest absolute Gasteiger partial charge is 0.461 e. The van der Waals surface area contributed by atoms with Gasteiger partial charge in [-0.25, -0.2) is 9.78 Å². The van der Waals surface area contributed by atoms with Gasteiger partial charge in [0.1, 0.15) is 0 Å². The normalized spacial score (nSPS) is 11.4. The first kappa shape index (κ1) is 19.2. The highest BCUT2D eigenvalue weighted by atomic mass is 32.1. The molecule has 0 aliphatic heterocycles. The number of benzene rings is 1. The van der Waals surface area contributed by atoms with E-state index in [0.29, 0.717) is 23.8 Å². The molecule has 2 aromatic rings. The zero-order valence-electron chi connectivity index (χ0n) is 13.5. The summed E-state index contributed by atoms with van der Waals surface area (Å²) in [5.41, 5.74) is 5.55. The molecule has 136 valence electrons. The van der Waals surface area contributed by atoms with E-state index in [9.17, 15) is 18.0 Å². The summed E-state index contributed by atoms with van der Waals surface area (Å²) in [5, 5.41) is 2.06. The Balaban J connectivity index is 2.20. The van der Waals surface area contributed by atoms with Gasteiger partial charge in [-0.2, -0.15) is 13.2 Å². The molecule has 0 aliphatic rings. The van der Waals surface area contributed by atoms with Crippen molar-refractivity contribution in [1.29, 1.82) is 0 Å². The van der Waals surface area contributed by atoms with Crippen LogP contribution in [0.4, 0.5) is 18.3 Å². The van der Waals surface area contributed by atoms with Gasteiger partial charge in [-0.3, -0.25) is 0 Å². The maximum absolute atomic E-state index is 12.8.